The summed E-state index contributed by atoms with van der Waals surface area (Å²) in [5, 5.41) is 0.929. The number of likely N-dealkylation sites (N-methyl/N-ethyl adjacent to an activating group) is 1. The van der Waals surface area contributed by atoms with Crippen LogP contribution in [0.5, 0.6) is 0 Å². The van der Waals surface area contributed by atoms with Crippen molar-refractivity contribution in [3.05, 3.63) is 36.0 Å². The minimum absolute atomic E-state index is 0.0953. The lowest BCUT2D eigenvalue weighted by atomic mass is 9.81. The van der Waals surface area contributed by atoms with Gasteiger partial charge in [0.05, 0.1) is 5.56 Å². The van der Waals surface area contributed by atoms with Crippen molar-refractivity contribution >= 4 is 23.1 Å². The van der Waals surface area contributed by atoms with Crippen LogP contribution in [0.25, 0.3) is 10.9 Å². The molecule has 1 aromatic carbocycles. The van der Waals surface area contributed by atoms with Gasteiger partial charge in [0.1, 0.15) is 5.54 Å². The summed E-state index contributed by atoms with van der Waals surface area (Å²) in [5.41, 5.74) is 0.916. The van der Waals surface area contributed by atoms with Crippen LogP contribution in [-0.2, 0) is 11.8 Å². The fourth-order valence-electron chi connectivity index (χ4n) is 3.53. The van der Waals surface area contributed by atoms with Crippen molar-refractivity contribution in [2.24, 2.45) is 7.05 Å². The second-order valence-corrected chi connectivity index (χ2v) is 6.23. The van der Waals surface area contributed by atoms with E-state index in [1.54, 1.807) is 11.9 Å². The third-order valence-corrected chi connectivity index (χ3v) is 4.94. The highest BCUT2D eigenvalue weighted by molar-refractivity contribution is 6.07. The number of nitrogens with zero attached hydrogens (tertiary/aromatic N) is 2. The Morgan fingerprint density at radius 1 is 1.23 bits per heavy atom. The number of carbonyl (C=O) groups excluding carboxylic acids is 2. The Morgan fingerprint density at radius 3 is 2.59 bits per heavy atom. The van der Waals surface area contributed by atoms with Gasteiger partial charge in [-0.05, 0) is 18.9 Å². The number of para-hydroxylation sites is 1. The van der Waals surface area contributed by atoms with Crippen LogP contribution in [0.3, 0.4) is 0 Å². The maximum absolute atomic E-state index is 13.0. The number of hydrogen-bond donors (Lipinski definition) is 0. The van der Waals surface area contributed by atoms with Gasteiger partial charge in [0.25, 0.3) is 5.91 Å². The summed E-state index contributed by atoms with van der Waals surface area (Å²) in [6, 6.07) is 7.84. The van der Waals surface area contributed by atoms with Crippen LogP contribution >= 0.6 is 0 Å². The zero-order valence-electron chi connectivity index (χ0n) is 13.1. The van der Waals surface area contributed by atoms with Gasteiger partial charge in [-0.15, -0.1) is 0 Å². The van der Waals surface area contributed by atoms with E-state index in [2.05, 4.69) is 6.29 Å². The van der Waals surface area contributed by atoms with E-state index in [0.717, 1.165) is 30.2 Å². The average Bonchev–Trinajstić information content (AvgIpc) is 2.91. The van der Waals surface area contributed by atoms with Crippen molar-refractivity contribution in [1.82, 2.24) is 9.47 Å². The van der Waals surface area contributed by atoms with Gasteiger partial charge in [-0.1, -0.05) is 37.5 Å². The van der Waals surface area contributed by atoms with Gasteiger partial charge >= 0.3 is 0 Å². The number of aromatic nitrogens is 1. The van der Waals surface area contributed by atoms with Crippen LogP contribution < -0.4 is 0 Å². The van der Waals surface area contributed by atoms with Gasteiger partial charge in [-0.2, -0.15) is 0 Å². The summed E-state index contributed by atoms with van der Waals surface area (Å²) in [4.78, 5) is 26.2. The van der Waals surface area contributed by atoms with E-state index in [4.69, 9.17) is 0 Å². The van der Waals surface area contributed by atoms with E-state index in [9.17, 15) is 9.59 Å². The first-order valence-corrected chi connectivity index (χ1v) is 7.80. The number of benzene rings is 1. The van der Waals surface area contributed by atoms with Gasteiger partial charge in [0.15, 0.2) is 0 Å². The molecule has 0 bridgehead atoms. The molecule has 115 valence electrons. The summed E-state index contributed by atoms with van der Waals surface area (Å²) < 4.78 is 1.95. The Hall–Kier alpha value is -2.10. The smallest absolute Gasteiger partial charge is 0.256 e. The molecule has 0 spiro atoms. The summed E-state index contributed by atoms with van der Waals surface area (Å²) in [5.74, 6) is -0.0953. The van der Waals surface area contributed by atoms with E-state index in [-0.39, 0.29) is 5.91 Å². The molecule has 0 N–H and O–H groups in total. The van der Waals surface area contributed by atoms with Gasteiger partial charge in [0.2, 0.25) is 6.29 Å². The molecule has 0 atom stereocenters. The van der Waals surface area contributed by atoms with Crippen LogP contribution in [0.15, 0.2) is 30.5 Å². The molecular formula is C18H21N2O2. The Bertz CT molecular complexity index is 711. The topological polar surface area (TPSA) is 42.3 Å². The zero-order valence-corrected chi connectivity index (χ0v) is 13.1. The second kappa shape index (κ2) is 5.59. The fourth-order valence-corrected chi connectivity index (χ4v) is 3.53. The molecule has 1 aliphatic rings. The lowest BCUT2D eigenvalue weighted by molar-refractivity contribution is 0.0608. The minimum atomic E-state index is -0.758. The minimum Gasteiger partial charge on any atom is -0.350 e. The van der Waals surface area contributed by atoms with Crippen LogP contribution in [-0.4, -0.2) is 34.2 Å². The highest BCUT2D eigenvalue weighted by Gasteiger charge is 2.40. The largest absolute Gasteiger partial charge is 0.350 e. The highest BCUT2D eigenvalue weighted by atomic mass is 16.2. The molecular weight excluding hydrogens is 276 g/mol. The van der Waals surface area contributed by atoms with Crippen molar-refractivity contribution < 1.29 is 9.59 Å². The molecule has 1 radical (unpaired) electrons. The molecule has 1 amide bonds. The predicted molar refractivity (Wildman–Crippen MR) is 86.5 cm³/mol. The molecule has 1 aliphatic carbocycles. The number of aryl methyl sites for hydroxylation is 1. The molecule has 0 aliphatic heterocycles. The molecule has 2 aromatic rings. The van der Waals surface area contributed by atoms with Gasteiger partial charge in [0, 0.05) is 31.2 Å². The fraction of sp³-hybridized carbons (Fsp3) is 0.444. The molecule has 0 saturated heterocycles. The lowest BCUT2D eigenvalue weighted by Crippen LogP contribution is -2.52. The van der Waals surface area contributed by atoms with Crippen LogP contribution in [0, 0.1) is 0 Å². The third kappa shape index (κ3) is 2.23. The number of carbonyl (C=O) groups is 1. The maximum atomic E-state index is 13.0. The summed E-state index contributed by atoms with van der Waals surface area (Å²) in [6.07, 6.45) is 8.52. The SMILES string of the molecule is CN(C(=O)c1cn(C)c2ccccc12)C1([C]=O)CCCCC1. The molecule has 1 aromatic heterocycles. The second-order valence-electron chi connectivity index (χ2n) is 6.23. The Morgan fingerprint density at radius 2 is 1.91 bits per heavy atom. The molecule has 22 heavy (non-hydrogen) atoms. The summed E-state index contributed by atoms with van der Waals surface area (Å²) in [7, 11) is 3.67. The maximum Gasteiger partial charge on any atom is 0.256 e. The summed E-state index contributed by atoms with van der Waals surface area (Å²) in [6.45, 7) is 0. The zero-order chi connectivity index (χ0) is 15.7. The third-order valence-electron chi connectivity index (χ3n) is 4.94. The number of rotatable bonds is 3. The highest BCUT2D eigenvalue weighted by Crippen LogP contribution is 2.33. The van der Waals surface area contributed by atoms with E-state index >= 15 is 0 Å². The molecule has 0 unspecified atom stereocenters. The van der Waals surface area contributed by atoms with Crippen molar-refractivity contribution in [3.8, 4) is 0 Å². The monoisotopic (exact) mass is 297 g/mol. The number of hydrogen-bond acceptors (Lipinski definition) is 2. The normalized spacial score (nSPS) is 17.4. The first-order valence-electron chi connectivity index (χ1n) is 7.80. The lowest BCUT2D eigenvalue weighted by Gasteiger charge is -2.39. The number of fused-ring (bicyclic) bond motifs is 1. The van der Waals surface area contributed by atoms with E-state index in [1.807, 2.05) is 42.1 Å². The van der Waals surface area contributed by atoms with Gasteiger partial charge in [-0.3, -0.25) is 9.59 Å². The molecule has 3 rings (SSSR count). The Balaban J connectivity index is 2.00. The van der Waals surface area contributed by atoms with Crippen LogP contribution in [0.4, 0.5) is 0 Å². The first-order chi connectivity index (χ1) is 10.6. The van der Waals surface area contributed by atoms with Gasteiger partial charge in [-0.25, -0.2) is 0 Å². The quantitative estimate of drug-likeness (QED) is 0.874. The van der Waals surface area contributed by atoms with Crippen molar-refractivity contribution in [3.63, 3.8) is 0 Å². The van der Waals surface area contributed by atoms with E-state index in [0.29, 0.717) is 18.4 Å². The van der Waals surface area contributed by atoms with E-state index < -0.39 is 5.54 Å². The molecule has 1 saturated carbocycles. The predicted octanol–water partition coefficient (Wildman–Crippen LogP) is 3.06. The summed E-state index contributed by atoms with van der Waals surface area (Å²) >= 11 is 0. The van der Waals surface area contributed by atoms with Crippen molar-refractivity contribution in [2.75, 3.05) is 7.05 Å². The standard InChI is InChI=1S/C18H21N2O2/c1-19-12-15(14-8-4-5-9-16(14)19)17(22)20(2)18(13-21)10-6-3-7-11-18/h4-5,8-9,12H,3,6-7,10-11H2,1-2H3. The van der Waals surface area contributed by atoms with Crippen LogP contribution in [0.1, 0.15) is 42.5 Å². The van der Waals surface area contributed by atoms with E-state index in [1.165, 1.54) is 0 Å². The van der Waals surface area contributed by atoms with Gasteiger partial charge < -0.3 is 9.47 Å². The number of amides is 1. The van der Waals surface area contributed by atoms with Crippen LogP contribution in [0.2, 0.25) is 0 Å². The molecule has 1 fully saturated rings. The average molecular weight is 297 g/mol. The molecule has 4 heteroatoms. The Kier molecular flexibility index (Phi) is 3.77. The van der Waals surface area contributed by atoms with Crippen molar-refractivity contribution in [1.29, 1.82) is 0 Å². The van der Waals surface area contributed by atoms with Crippen molar-refractivity contribution in [2.45, 2.75) is 37.6 Å². The molecule has 1 heterocycles. The molecule has 4 nitrogen and oxygen atoms in total. The Labute approximate surface area is 130 Å². The first kappa shape index (κ1) is 14.8.